The molecule has 1 aliphatic heterocycles. The molecule has 6 heteroatoms. The van der Waals surface area contributed by atoms with Crippen LogP contribution in [0.3, 0.4) is 0 Å². The first-order valence-electron chi connectivity index (χ1n) is 7.86. The number of hydrogen-bond acceptors (Lipinski definition) is 2. The number of alkyl halides is 3. The van der Waals surface area contributed by atoms with Gasteiger partial charge in [-0.25, -0.2) is 0 Å². The van der Waals surface area contributed by atoms with E-state index in [2.05, 4.69) is 5.10 Å². The molecule has 124 valence electrons. The van der Waals surface area contributed by atoms with E-state index in [1.54, 1.807) is 0 Å². The summed E-state index contributed by atoms with van der Waals surface area (Å²) in [4.78, 5) is 0. The monoisotopic (exact) mass is 316 g/mol. The predicted molar refractivity (Wildman–Crippen MR) is 76.7 cm³/mol. The first kappa shape index (κ1) is 15.8. The summed E-state index contributed by atoms with van der Waals surface area (Å²) in [5.74, 6) is 0. The van der Waals surface area contributed by atoms with Gasteiger partial charge in [0.15, 0.2) is 0 Å². The van der Waals surface area contributed by atoms with Gasteiger partial charge in [-0.05, 0) is 37.2 Å². The third kappa shape index (κ3) is 2.77. The van der Waals surface area contributed by atoms with E-state index < -0.39 is 11.9 Å². The van der Waals surface area contributed by atoms with Crippen molar-refractivity contribution in [2.45, 2.75) is 64.1 Å². The van der Waals surface area contributed by atoms with E-state index in [1.807, 2.05) is 20.8 Å². The van der Waals surface area contributed by atoms with Gasteiger partial charge in [-0.2, -0.15) is 18.3 Å². The largest absolute Gasteiger partial charge is 0.433 e. The minimum absolute atomic E-state index is 0.133. The first-order chi connectivity index (χ1) is 10.1. The zero-order valence-electron chi connectivity index (χ0n) is 13.3. The van der Waals surface area contributed by atoms with Gasteiger partial charge in [0, 0.05) is 18.6 Å². The van der Waals surface area contributed by atoms with Crippen molar-refractivity contribution >= 4 is 0 Å². The molecule has 1 spiro atoms. The Labute approximate surface area is 128 Å². The lowest BCUT2D eigenvalue weighted by atomic mass is 9.61. The molecule has 2 fully saturated rings. The lowest BCUT2D eigenvalue weighted by Gasteiger charge is -2.50. The Hall–Kier alpha value is -1.04. The highest BCUT2D eigenvalue weighted by Crippen LogP contribution is 2.55. The van der Waals surface area contributed by atoms with Gasteiger partial charge in [-0.15, -0.1) is 0 Å². The number of rotatable bonds is 1. The molecule has 0 bridgehead atoms. The second-order valence-electron chi connectivity index (χ2n) is 7.78. The van der Waals surface area contributed by atoms with Crippen LogP contribution in [0.25, 0.3) is 0 Å². The molecule has 3 nitrogen and oxygen atoms in total. The van der Waals surface area contributed by atoms with Crippen LogP contribution in [0.4, 0.5) is 13.2 Å². The molecule has 1 aliphatic carbocycles. The smallest absolute Gasteiger partial charge is 0.381 e. The highest BCUT2D eigenvalue weighted by molar-refractivity contribution is 5.21. The fourth-order valence-electron chi connectivity index (χ4n) is 3.58. The molecule has 0 unspecified atom stereocenters. The van der Waals surface area contributed by atoms with E-state index in [0.29, 0.717) is 5.69 Å². The van der Waals surface area contributed by atoms with E-state index in [4.69, 9.17) is 4.74 Å². The summed E-state index contributed by atoms with van der Waals surface area (Å²) in [7, 11) is 0. The van der Waals surface area contributed by atoms with Gasteiger partial charge in [-0.3, -0.25) is 4.68 Å². The number of aromatic nitrogens is 2. The van der Waals surface area contributed by atoms with Gasteiger partial charge in [0.1, 0.15) is 5.69 Å². The van der Waals surface area contributed by atoms with E-state index in [1.165, 1.54) is 10.7 Å². The number of ether oxygens (including phenoxy) is 1. The molecule has 1 aromatic rings. The quantitative estimate of drug-likeness (QED) is 0.771. The summed E-state index contributed by atoms with van der Waals surface area (Å²) in [6, 6.07) is 1.08. The van der Waals surface area contributed by atoms with Crippen LogP contribution in [0.1, 0.15) is 63.9 Å². The Bertz CT molecular complexity index is 543. The van der Waals surface area contributed by atoms with Crippen molar-refractivity contribution in [2.75, 3.05) is 13.2 Å². The maximum atomic E-state index is 13.3. The topological polar surface area (TPSA) is 27.1 Å². The van der Waals surface area contributed by atoms with Gasteiger partial charge < -0.3 is 4.74 Å². The Morgan fingerprint density at radius 1 is 1.18 bits per heavy atom. The van der Waals surface area contributed by atoms with Crippen molar-refractivity contribution in [3.63, 3.8) is 0 Å². The molecule has 3 rings (SSSR count). The third-order valence-corrected chi connectivity index (χ3v) is 5.03. The van der Waals surface area contributed by atoms with E-state index in [0.717, 1.165) is 38.9 Å². The van der Waals surface area contributed by atoms with E-state index >= 15 is 0 Å². The fourth-order valence-corrected chi connectivity index (χ4v) is 3.58. The van der Waals surface area contributed by atoms with Crippen LogP contribution < -0.4 is 0 Å². The summed E-state index contributed by atoms with van der Waals surface area (Å²) in [6.07, 6.45) is -0.874. The van der Waals surface area contributed by atoms with Gasteiger partial charge in [0.25, 0.3) is 0 Å². The molecule has 0 radical (unpaired) electrons. The molecular formula is C16H23F3N2O. The molecule has 22 heavy (non-hydrogen) atoms. The average Bonchev–Trinajstić information content (AvgIpc) is 2.81. The molecular weight excluding hydrogens is 293 g/mol. The second kappa shape index (κ2) is 4.98. The van der Waals surface area contributed by atoms with Crippen molar-refractivity contribution in [1.29, 1.82) is 0 Å². The van der Waals surface area contributed by atoms with E-state index in [9.17, 15) is 13.2 Å². The lowest BCUT2D eigenvalue weighted by Crippen LogP contribution is -2.43. The van der Waals surface area contributed by atoms with E-state index in [-0.39, 0.29) is 16.9 Å². The average molecular weight is 316 g/mol. The SMILES string of the molecule is CC(C)(C)c1cc(C(F)(F)F)n(C2CC3(CCOCC3)C2)n1. The Balaban J connectivity index is 1.86. The van der Waals surface area contributed by atoms with Crippen LogP contribution in [0, 0.1) is 5.41 Å². The third-order valence-electron chi connectivity index (χ3n) is 5.03. The maximum Gasteiger partial charge on any atom is 0.433 e. The molecule has 1 saturated carbocycles. The first-order valence-corrected chi connectivity index (χ1v) is 7.86. The Morgan fingerprint density at radius 2 is 1.77 bits per heavy atom. The fraction of sp³-hybridized carbons (Fsp3) is 0.812. The molecule has 0 atom stereocenters. The van der Waals surface area contributed by atoms with Crippen LogP contribution >= 0.6 is 0 Å². The van der Waals surface area contributed by atoms with Crippen molar-refractivity contribution in [3.05, 3.63) is 17.5 Å². The highest BCUT2D eigenvalue weighted by Gasteiger charge is 2.49. The standard InChI is InChI=1S/C16H23F3N2O/c1-14(2,3)12-8-13(16(17,18)19)21(20-12)11-9-15(10-11)4-6-22-7-5-15/h8,11H,4-7,9-10H2,1-3H3. The Morgan fingerprint density at radius 3 is 2.27 bits per heavy atom. The second-order valence-corrected chi connectivity index (χ2v) is 7.78. The predicted octanol–water partition coefficient (Wildman–Crippen LogP) is 4.33. The van der Waals surface area contributed by atoms with Crippen molar-refractivity contribution < 1.29 is 17.9 Å². The summed E-state index contributed by atoms with van der Waals surface area (Å²) >= 11 is 0. The molecule has 1 saturated heterocycles. The highest BCUT2D eigenvalue weighted by atomic mass is 19.4. The molecule has 2 heterocycles. The molecule has 0 N–H and O–H groups in total. The minimum atomic E-state index is -4.35. The van der Waals surface area contributed by atoms with Crippen LogP contribution in [0.2, 0.25) is 0 Å². The normalized spacial score (nSPS) is 22.8. The zero-order chi connectivity index (χ0) is 16.2. The molecule has 0 amide bonds. The van der Waals surface area contributed by atoms with Gasteiger partial charge in [0.2, 0.25) is 0 Å². The number of halogens is 3. The van der Waals surface area contributed by atoms with Gasteiger partial charge in [0.05, 0.1) is 11.7 Å². The lowest BCUT2D eigenvalue weighted by molar-refractivity contribution is -0.148. The van der Waals surface area contributed by atoms with Crippen LogP contribution in [-0.2, 0) is 16.3 Å². The summed E-state index contributed by atoms with van der Waals surface area (Å²) in [5, 5.41) is 4.31. The van der Waals surface area contributed by atoms with Gasteiger partial charge in [-0.1, -0.05) is 20.8 Å². The Kier molecular flexibility index (Phi) is 3.59. The van der Waals surface area contributed by atoms with Crippen LogP contribution in [-0.4, -0.2) is 23.0 Å². The maximum absolute atomic E-state index is 13.3. The van der Waals surface area contributed by atoms with Crippen LogP contribution in [0.5, 0.6) is 0 Å². The summed E-state index contributed by atoms with van der Waals surface area (Å²) in [6.45, 7) is 7.12. The van der Waals surface area contributed by atoms with Crippen molar-refractivity contribution in [1.82, 2.24) is 9.78 Å². The van der Waals surface area contributed by atoms with Crippen LogP contribution in [0.15, 0.2) is 6.07 Å². The minimum Gasteiger partial charge on any atom is -0.381 e. The summed E-state index contributed by atoms with van der Waals surface area (Å²) < 4.78 is 46.6. The molecule has 0 aromatic carbocycles. The summed E-state index contributed by atoms with van der Waals surface area (Å²) in [5.41, 5.74) is -0.303. The van der Waals surface area contributed by atoms with Gasteiger partial charge >= 0.3 is 6.18 Å². The number of hydrogen-bond donors (Lipinski definition) is 0. The van der Waals surface area contributed by atoms with Crippen molar-refractivity contribution in [2.24, 2.45) is 5.41 Å². The molecule has 2 aliphatic rings. The van der Waals surface area contributed by atoms with Crippen molar-refractivity contribution in [3.8, 4) is 0 Å². The molecule has 1 aromatic heterocycles. The number of nitrogens with zero attached hydrogens (tertiary/aromatic N) is 2. The zero-order valence-corrected chi connectivity index (χ0v) is 13.3.